The maximum Gasteiger partial charge on any atom is 0.306 e. The van der Waals surface area contributed by atoms with Gasteiger partial charge in [-0.25, -0.2) is 0 Å². The molecule has 0 spiro atoms. The third-order valence-electron chi connectivity index (χ3n) is 10.6. The number of hydrogen-bond donors (Lipinski definition) is 1. The number of carbonyl (C=O) groups is 3. The normalized spacial score (nSPS) is 17.9. The monoisotopic (exact) mass is 866 g/mol. The zero-order chi connectivity index (χ0) is 44.3. The number of aliphatic hydroxyl groups is 1. The third-order valence-corrected chi connectivity index (χ3v) is 11.5. The number of phosphoric acid groups is 1. The summed E-state index contributed by atoms with van der Waals surface area (Å²) >= 11 is 0. The number of esters is 2. The molecule has 0 aromatic heterocycles. The molecule has 0 bridgehead atoms. The minimum absolute atomic E-state index is 0.0270. The van der Waals surface area contributed by atoms with E-state index < -0.39 is 38.6 Å². The molecule has 1 rings (SSSR count). The van der Waals surface area contributed by atoms with E-state index in [4.69, 9.17) is 18.5 Å². The van der Waals surface area contributed by atoms with Gasteiger partial charge in [-0.1, -0.05) is 140 Å². The highest BCUT2D eigenvalue weighted by atomic mass is 31.2. The van der Waals surface area contributed by atoms with Crippen molar-refractivity contribution >= 4 is 25.5 Å². The van der Waals surface area contributed by atoms with Crippen LogP contribution in [-0.4, -0.2) is 87.0 Å². The van der Waals surface area contributed by atoms with Gasteiger partial charge in [0.05, 0.1) is 33.9 Å². The second-order valence-electron chi connectivity index (χ2n) is 17.4. The summed E-state index contributed by atoms with van der Waals surface area (Å²) in [4.78, 5) is 50.2. The van der Waals surface area contributed by atoms with E-state index in [1.54, 1.807) is 12.2 Å². The predicted molar refractivity (Wildman–Crippen MR) is 240 cm³/mol. The van der Waals surface area contributed by atoms with Gasteiger partial charge in [-0.3, -0.25) is 18.9 Å². The molecular weight excluding hydrogens is 781 g/mol. The predicted octanol–water partition coefficient (Wildman–Crippen LogP) is 10.5. The average molecular weight is 866 g/mol. The van der Waals surface area contributed by atoms with Crippen molar-refractivity contribution in [2.45, 2.75) is 180 Å². The van der Waals surface area contributed by atoms with E-state index in [1.165, 1.54) is 64.2 Å². The number of quaternary nitrogens is 1. The van der Waals surface area contributed by atoms with Crippen LogP contribution in [0.5, 0.6) is 0 Å². The Labute approximate surface area is 364 Å². The lowest BCUT2D eigenvalue weighted by Gasteiger charge is -2.28. The Hall–Kier alpha value is -2.40. The summed E-state index contributed by atoms with van der Waals surface area (Å²) < 4.78 is 33.9. The maximum absolute atomic E-state index is 12.7. The van der Waals surface area contributed by atoms with Crippen molar-refractivity contribution in [3.8, 4) is 0 Å². The van der Waals surface area contributed by atoms with Crippen LogP contribution >= 0.6 is 7.82 Å². The number of likely N-dealkylation sites (N-methyl/N-ethyl adjacent to an activating group) is 1. The summed E-state index contributed by atoms with van der Waals surface area (Å²) in [6.45, 7) is 3.89. The Bertz CT molecular complexity index is 1310. The van der Waals surface area contributed by atoms with Crippen molar-refractivity contribution in [3.63, 3.8) is 0 Å². The first-order valence-electron chi connectivity index (χ1n) is 23.4. The van der Waals surface area contributed by atoms with E-state index in [0.717, 1.165) is 44.9 Å². The van der Waals surface area contributed by atoms with Gasteiger partial charge in [-0.15, -0.1) is 0 Å². The number of unbranched alkanes of at least 4 members (excludes halogenated alkanes) is 16. The number of ketones is 1. The maximum atomic E-state index is 12.7. The van der Waals surface area contributed by atoms with Crippen molar-refractivity contribution < 1.29 is 52.0 Å². The minimum atomic E-state index is -4.68. The fraction of sp³-hybridized carbons (Fsp3) is 0.771. The molecule has 0 amide bonds. The van der Waals surface area contributed by atoms with E-state index in [9.17, 15) is 28.9 Å². The SMILES string of the molecule is CCCCCCCC/C=C\CCCCCCCCCC(=O)O[C@H](COC(=O)CCC/C=C\C[C@H]1C=CC(=O)[C@@H]1/C=C/[C@@H](O)CCCCC)COP(=O)([O-])OCC[N+](C)(C)C. The molecule has 0 fully saturated rings. The second kappa shape index (κ2) is 35.1. The molecule has 1 aliphatic carbocycles. The molecule has 1 unspecified atom stereocenters. The number of phosphoric ester groups is 1. The van der Waals surface area contributed by atoms with Gasteiger partial charge in [0.25, 0.3) is 7.82 Å². The van der Waals surface area contributed by atoms with Gasteiger partial charge < -0.3 is 33.0 Å². The number of carbonyl (C=O) groups excluding carboxylic acids is 3. The molecule has 0 aromatic rings. The highest BCUT2D eigenvalue weighted by Crippen LogP contribution is 2.38. The first-order chi connectivity index (χ1) is 28.8. The number of hydrogen-bond acceptors (Lipinski definition) is 10. The van der Waals surface area contributed by atoms with Crippen molar-refractivity contribution in [3.05, 3.63) is 48.6 Å². The van der Waals surface area contributed by atoms with Crippen LogP contribution in [-0.2, 0) is 37.5 Å². The summed E-state index contributed by atoms with van der Waals surface area (Å²) in [5.41, 5.74) is 0. The van der Waals surface area contributed by atoms with Gasteiger partial charge in [0.15, 0.2) is 11.9 Å². The third kappa shape index (κ3) is 32.3. The number of rotatable bonds is 39. The van der Waals surface area contributed by atoms with Crippen LogP contribution in [0.1, 0.15) is 168 Å². The van der Waals surface area contributed by atoms with Crippen molar-refractivity contribution in [2.24, 2.45) is 11.8 Å². The second-order valence-corrected chi connectivity index (χ2v) is 18.8. The van der Waals surface area contributed by atoms with Crippen molar-refractivity contribution in [2.75, 3.05) is 47.5 Å². The molecule has 346 valence electrons. The van der Waals surface area contributed by atoms with Crippen molar-refractivity contribution in [1.29, 1.82) is 0 Å². The number of nitrogens with zero attached hydrogens (tertiary/aromatic N) is 1. The fourth-order valence-corrected chi connectivity index (χ4v) is 7.49. The summed E-state index contributed by atoms with van der Waals surface area (Å²) in [6.07, 6.45) is 37.6. The lowest BCUT2D eigenvalue weighted by molar-refractivity contribution is -0.870. The molecule has 0 saturated heterocycles. The van der Waals surface area contributed by atoms with E-state index >= 15 is 0 Å². The number of ether oxygens (including phenoxy) is 2. The summed E-state index contributed by atoms with van der Waals surface area (Å²) in [5.74, 6) is -1.20. The Morgan fingerprint density at radius 3 is 1.98 bits per heavy atom. The smallest absolute Gasteiger partial charge is 0.306 e. The summed E-state index contributed by atoms with van der Waals surface area (Å²) in [6, 6.07) is 0. The first-order valence-corrected chi connectivity index (χ1v) is 24.9. The molecule has 12 heteroatoms. The van der Waals surface area contributed by atoms with Crippen LogP contribution in [0, 0.1) is 11.8 Å². The van der Waals surface area contributed by atoms with Crippen LogP contribution in [0.15, 0.2) is 48.6 Å². The molecule has 0 radical (unpaired) electrons. The Morgan fingerprint density at radius 1 is 0.767 bits per heavy atom. The van der Waals surface area contributed by atoms with E-state index in [1.807, 2.05) is 45.4 Å². The van der Waals surface area contributed by atoms with Crippen LogP contribution in [0.3, 0.4) is 0 Å². The van der Waals surface area contributed by atoms with Crippen molar-refractivity contribution in [1.82, 2.24) is 0 Å². The Morgan fingerprint density at radius 2 is 1.33 bits per heavy atom. The van der Waals surface area contributed by atoms with E-state index in [2.05, 4.69) is 26.0 Å². The minimum Gasteiger partial charge on any atom is -0.756 e. The molecule has 0 heterocycles. The van der Waals surface area contributed by atoms with Crippen LogP contribution < -0.4 is 4.89 Å². The zero-order valence-corrected chi connectivity index (χ0v) is 39.1. The topological polar surface area (TPSA) is 148 Å². The quantitative estimate of drug-likeness (QED) is 0.0208. The van der Waals surface area contributed by atoms with Crippen LogP contribution in [0.2, 0.25) is 0 Å². The fourth-order valence-electron chi connectivity index (χ4n) is 6.76. The highest BCUT2D eigenvalue weighted by molar-refractivity contribution is 7.45. The molecule has 60 heavy (non-hydrogen) atoms. The Balaban J connectivity index is 2.43. The molecule has 0 aromatic carbocycles. The van der Waals surface area contributed by atoms with Crippen LogP contribution in [0.25, 0.3) is 0 Å². The molecule has 1 aliphatic rings. The number of aliphatic hydroxyl groups excluding tert-OH is 1. The average Bonchev–Trinajstić information content (AvgIpc) is 3.55. The standard InChI is InChI=1S/C48H84NO10P/c1-6-8-10-11-12-13-14-15-16-17-18-19-20-21-22-23-29-33-48(53)59-44(41-58-60(54,55)57-39-38-49(3,4)5)40-56-47(52)32-28-25-24-27-30-42-34-37-46(51)45(42)36-35-43(50)31-26-9-7-2/h15-16,24,27,34-37,42-45,50H,6-14,17-23,25-26,28-33,38-41H2,1-5H3/b16-15-,27-24-,36-35+/t42-,43-,44+,45+/m0/s1. The summed E-state index contributed by atoms with van der Waals surface area (Å²) in [5, 5.41) is 10.2. The van der Waals surface area contributed by atoms with Crippen LogP contribution in [0.4, 0.5) is 0 Å². The lowest BCUT2D eigenvalue weighted by atomic mass is 9.90. The zero-order valence-electron chi connectivity index (χ0n) is 38.2. The van der Waals surface area contributed by atoms with Gasteiger partial charge in [-0.05, 0) is 69.8 Å². The van der Waals surface area contributed by atoms with E-state index in [0.29, 0.717) is 43.1 Å². The molecule has 0 saturated carbocycles. The molecular formula is C48H84NO10P. The molecule has 11 nitrogen and oxygen atoms in total. The Kier molecular flexibility index (Phi) is 32.5. The van der Waals surface area contributed by atoms with Gasteiger partial charge >= 0.3 is 11.9 Å². The largest absolute Gasteiger partial charge is 0.756 e. The lowest BCUT2D eigenvalue weighted by Crippen LogP contribution is -2.37. The van der Waals surface area contributed by atoms with E-state index in [-0.39, 0.29) is 43.7 Å². The van der Waals surface area contributed by atoms with Gasteiger partial charge in [0, 0.05) is 18.8 Å². The van der Waals surface area contributed by atoms with Gasteiger partial charge in [-0.2, -0.15) is 0 Å². The molecule has 1 N–H and O–H groups in total. The molecule has 5 atom stereocenters. The van der Waals surface area contributed by atoms with Gasteiger partial charge in [0.2, 0.25) is 0 Å². The first kappa shape index (κ1) is 55.6. The van der Waals surface area contributed by atoms with Gasteiger partial charge in [0.1, 0.15) is 19.8 Å². The highest BCUT2D eigenvalue weighted by Gasteiger charge is 2.27. The molecule has 0 aliphatic heterocycles. The number of allylic oxidation sites excluding steroid dienone is 7. The summed E-state index contributed by atoms with van der Waals surface area (Å²) in [7, 11) is 1.05.